The molecule has 1 aromatic heterocycles. The second kappa shape index (κ2) is 7.47. The Labute approximate surface area is 132 Å². The van der Waals surface area contributed by atoms with Crippen molar-refractivity contribution in [3.8, 4) is 11.5 Å². The number of aromatic nitrogens is 2. The SMILES string of the molecule is CCN(CC)C(=O)CSc1nnc(-c2ccc(Cl)cc2)o1. The molecule has 0 N–H and O–H groups in total. The molecule has 0 saturated heterocycles. The Bertz CT molecular complexity index is 597. The minimum absolute atomic E-state index is 0.0660. The summed E-state index contributed by atoms with van der Waals surface area (Å²) in [4.78, 5) is 13.7. The van der Waals surface area contributed by atoms with Crippen molar-refractivity contribution in [3.63, 3.8) is 0 Å². The third-order valence-electron chi connectivity index (χ3n) is 2.93. The van der Waals surface area contributed by atoms with Gasteiger partial charge in [-0.15, -0.1) is 10.2 Å². The topological polar surface area (TPSA) is 59.2 Å². The van der Waals surface area contributed by atoms with Crippen molar-refractivity contribution in [2.24, 2.45) is 0 Å². The lowest BCUT2D eigenvalue weighted by Crippen LogP contribution is -2.31. The first-order valence-corrected chi connectivity index (χ1v) is 8.00. The molecule has 0 bridgehead atoms. The summed E-state index contributed by atoms with van der Waals surface area (Å²) in [6, 6.07) is 7.15. The van der Waals surface area contributed by atoms with Gasteiger partial charge in [-0.2, -0.15) is 0 Å². The molecule has 0 aliphatic rings. The average Bonchev–Trinajstić information content (AvgIpc) is 2.96. The highest BCUT2D eigenvalue weighted by molar-refractivity contribution is 7.99. The monoisotopic (exact) mass is 325 g/mol. The predicted octanol–water partition coefficient (Wildman–Crippen LogP) is 3.35. The van der Waals surface area contributed by atoms with Crippen molar-refractivity contribution in [2.75, 3.05) is 18.8 Å². The first-order chi connectivity index (χ1) is 10.1. The van der Waals surface area contributed by atoms with E-state index in [1.807, 2.05) is 26.0 Å². The van der Waals surface area contributed by atoms with E-state index in [-0.39, 0.29) is 5.91 Å². The maximum Gasteiger partial charge on any atom is 0.277 e. The third kappa shape index (κ3) is 4.22. The number of hydrogen-bond acceptors (Lipinski definition) is 5. The van der Waals surface area contributed by atoms with E-state index in [9.17, 15) is 4.79 Å². The summed E-state index contributed by atoms with van der Waals surface area (Å²) in [5.41, 5.74) is 0.800. The van der Waals surface area contributed by atoms with Crippen LogP contribution in [0, 0.1) is 0 Å². The van der Waals surface area contributed by atoms with E-state index in [2.05, 4.69) is 10.2 Å². The fourth-order valence-corrected chi connectivity index (χ4v) is 2.56. The van der Waals surface area contributed by atoms with Crippen LogP contribution in [0.3, 0.4) is 0 Å². The molecule has 0 fully saturated rings. The number of thioether (sulfide) groups is 1. The van der Waals surface area contributed by atoms with Gasteiger partial charge in [-0.05, 0) is 38.1 Å². The number of hydrogen-bond donors (Lipinski definition) is 0. The summed E-state index contributed by atoms with van der Waals surface area (Å²) in [5, 5.41) is 8.95. The van der Waals surface area contributed by atoms with Crippen molar-refractivity contribution in [2.45, 2.75) is 19.1 Å². The summed E-state index contributed by atoms with van der Waals surface area (Å²) in [6.45, 7) is 5.32. The first kappa shape index (κ1) is 15.9. The number of rotatable bonds is 6. The van der Waals surface area contributed by atoms with E-state index in [0.29, 0.717) is 35.0 Å². The normalized spacial score (nSPS) is 10.6. The Hall–Kier alpha value is -1.53. The van der Waals surface area contributed by atoms with Gasteiger partial charge >= 0.3 is 0 Å². The van der Waals surface area contributed by atoms with Crippen LogP contribution in [0.2, 0.25) is 5.02 Å². The van der Waals surface area contributed by atoms with Crippen LogP contribution in [0.4, 0.5) is 0 Å². The number of benzene rings is 1. The summed E-state index contributed by atoms with van der Waals surface area (Å²) >= 11 is 7.08. The van der Waals surface area contributed by atoms with Crippen LogP contribution in [0.15, 0.2) is 33.9 Å². The van der Waals surface area contributed by atoms with Crippen LogP contribution in [0.1, 0.15) is 13.8 Å². The van der Waals surface area contributed by atoms with Gasteiger partial charge in [-0.3, -0.25) is 4.79 Å². The van der Waals surface area contributed by atoms with E-state index in [0.717, 1.165) is 5.56 Å². The molecule has 0 spiro atoms. The quantitative estimate of drug-likeness (QED) is 0.762. The summed E-state index contributed by atoms with van der Waals surface area (Å²) in [6.07, 6.45) is 0. The second-order valence-electron chi connectivity index (χ2n) is 4.23. The molecule has 0 radical (unpaired) electrons. The molecule has 2 aromatic rings. The van der Waals surface area contributed by atoms with Crippen LogP contribution < -0.4 is 0 Å². The molecule has 0 saturated carbocycles. The van der Waals surface area contributed by atoms with E-state index >= 15 is 0 Å². The number of amides is 1. The summed E-state index contributed by atoms with van der Waals surface area (Å²) in [7, 11) is 0. The van der Waals surface area contributed by atoms with Crippen molar-refractivity contribution in [1.29, 1.82) is 0 Å². The van der Waals surface area contributed by atoms with Crippen molar-refractivity contribution in [3.05, 3.63) is 29.3 Å². The summed E-state index contributed by atoms with van der Waals surface area (Å²) < 4.78 is 5.53. The van der Waals surface area contributed by atoms with Crippen LogP contribution in [0.5, 0.6) is 0 Å². The second-order valence-corrected chi connectivity index (χ2v) is 5.60. The molecule has 5 nitrogen and oxygen atoms in total. The minimum atomic E-state index is 0.0660. The zero-order chi connectivity index (χ0) is 15.2. The van der Waals surface area contributed by atoms with Gasteiger partial charge in [-0.25, -0.2) is 0 Å². The van der Waals surface area contributed by atoms with Gasteiger partial charge in [0, 0.05) is 23.7 Å². The molecule has 7 heteroatoms. The molecule has 0 aliphatic carbocycles. The Kier molecular flexibility index (Phi) is 5.64. The Morgan fingerprint density at radius 3 is 2.52 bits per heavy atom. The third-order valence-corrected chi connectivity index (χ3v) is 3.99. The highest BCUT2D eigenvalue weighted by Crippen LogP contribution is 2.24. The Balaban J connectivity index is 1.97. The lowest BCUT2D eigenvalue weighted by atomic mass is 10.2. The maximum atomic E-state index is 11.9. The van der Waals surface area contributed by atoms with Crippen molar-refractivity contribution < 1.29 is 9.21 Å². The van der Waals surface area contributed by atoms with Gasteiger partial charge in [0.05, 0.1) is 5.75 Å². The molecule has 0 unspecified atom stereocenters. The van der Waals surface area contributed by atoms with Crippen LogP contribution in [-0.2, 0) is 4.79 Å². The number of carbonyl (C=O) groups is 1. The fourth-order valence-electron chi connectivity index (χ4n) is 1.77. The molecular formula is C14H16ClN3O2S. The molecule has 0 aliphatic heterocycles. The Morgan fingerprint density at radius 2 is 1.90 bits per heavy atom. The molecule has 1 aromatic carbocycles. The van der Waals surface area contributed by atoms with Gasteiger partial charge < -0.3 is 9.32 Å². The molecule has 1 amide bonds. The zero-order valence-electron chi connectivity index (χ0n) is 11.9. The van der Waals surface area contributed by atoms with E-state index in [1.165, 1.54) is 11.8 Å². The number of nitrogens with zero attached hydrogens (tertiary/aromatic N) is 3. The van der Waals surface area contributed by atoms with Crippen molar-refractivity contribution >= 4 is 29.3 Å². The fraction of sp³-hybridized carbons (Fsp3) is 0.357. The summed E-state index contributed by atoms with van der Waals surface area (Å²) in [5.74, 6) is 0.782. The molecule has 2 rings (SSSR count). The average molecular weight is 326 g/mol. The Morgan fingerprint density at radius 1 is 1.24 bits per heavy atom. The molecule has 1 heterocycles. The molecular weight excluding hydrogens is 310 g/mol. The standard InChI is InChI=1S/C14H16ClN3O2S/c1-3-18(4-2)12(19)9-21-14-17-16-13(20-14)10-5-7-11(15)8-6-10/h5-8H,3-4,9H2,1-2H3. The molecule has 112 valence electrons. The lowest BCUT2D eigenvalue weighted by molar-refractivity contribution is -0.127. The van der Waals surface area contributed by atoms with Gasteiger partial charge in [-0.1, -0.05) is 23.4 Å². The minimum Gasteiger partial charge on any atom is -0.411 e. The highest BCUT2D eigenvalue weighted by Gasteiger charge is 2.14. The van der Waals surface area contributed by atoms with Gasteiger partial charge in [0.15, 0.2) is 0 Å². The number of carbonyl (C=O) groups excluding carboxylic acids is 1. The number of halogens is 1. The largest absolute Gasteiger partial charge is 0.411 e. The smallest absolute Gasteiger partial charge is 0.277 e. The zero-order valence-corrected chi connectivity index (χ0v) is 13.4. The van der Waals surface area contributed by atoms with Crippen LogP contribution in [-0.4, -0.2) is 39.8 Å². The van der Waals surface area contributed by atoms with Gasteiger partial charge in [0.25, 0.3) is 5.22 Å². The van der Waals surface area contributed by atoms with Gasteiger partial charge in [0.1, 0.15) is 0 Å². The molecule has 0 atom stereocenters. The van der Waals surface area contributed by atoms with E-state index < -0.39 is 0 Å². The first-order valence-electron chi connectivity index (χ1n) is 6.64. The lowest BCUT2D eigenvalue weighted by Gasteiger charge is -2.17. The van der Waals surface area contributed by atoms with E-state index in [1.54, 1.807) is 17.0 Å². The molecule has 21 heavy (non-hydrogen) atoms. The highest BCUT2D eigenvalue weighted by atomic mass is 35.5. The van der Waals surface area contributed by atoms with Crippen LogP contribution in [0.25, 0.3) is 11.5 Å². The predicted molar refractivity (Wildman–Crippen MR) is 83.4 cm³/mol. The maximum absolute atomic E-state index is 11.9. The van der Waals surface area contributed by atoms with Gasteiger partial charge in [0.2, 0.25) is 11.8 Å². The van der Waals surface area contributed by atoms with Crippen molar-refractivity contribution in [1.82, 2.24) is 15.1 Å². The van der Waals surface area contributed by atoms with Crippen LogP contribution >= 0.6 is 23.4 Å². The van der Waals surface area contributed by atoms with E-state index in [4.69, 9.17) is 16.0 Å².